The minimum absolute atomic E-state index is 0.260. The van der Waals surface area contributed by atoms with Gasteiger partial charge in [0.25, 0.3) is 5.91 Å². The van der Waals surface area contributed by atoms with Crippen molar-refractivity contribution in [2.45, 2.75) is 13.0 Å². The number of rotatable bonds is 8. The monoisotopic (exact) mass is 486 g/mol. The molecule has 0 saturated carbocycles. The standard InChI is InChI=1S/C23H23ClN4O6/c1-13-20(22(30)33-3)21(27-23(31)26-13)15-6-9-17(18(10-15)32-2)34-12-19(29)28-25-11-14-4-7-16(24)8-5-14/h4-11,21H,12H2,1-3H3,(H,28,29)(H2,26,27,31)/b25-11-/t21-/m1/s1. The summed E-state index contributed by atoms with van der Waals surface area (Å²) in [6.07, 6.45) is 1.48. The summed E-state index contributed by atoms with van der Waals surface area (Å²) in [7, 11) is 2.70. The van der Waals surface area contributed by atoms with E-state index in [1.54, 1.807) is 49.4 Å². The van der Waals surface area contributed by atoms with Crippen LogP contribution < -0.4 is 25.5 Å². The number of hydrazone groups is 1. The fourth-order valence-electron chi connectivity index (χ4n) is 3.21. The van der Waals surface area contributed by atoms with Crippen molar-refractivity contribution in [2.75, 3.05) is 20.8 Å². The maximum atomic E-state index is 12.3. The molecule has 1 aliphatic heterocycles. The van der Waals surface area contributed by atoms with Crippen molar-refractivity contribution in [3.05, 3.63) is 69.9 Å². The summed E-state index contributed by atoms with van der Waals surface area (Å²) in [5, 5.41) is 9.73. The highest BCUT2D eigenvalue weighted by atomic mass is 35.5. The largest absolute Gasteiger partial charge is 0.493 e. The van der Waals surface area contributed by atoms with Crippen LogP contribution in [-0.2, 0) is 14.3 Å². The van der Waals surface area contributed by atoms with Crippen molar-refractivity contribution >= 4 is 35.7 Å². The van der Waals surface area contributed by atoms with Crippen LogP contribution in [0.1, 0.15) is 24.1 Å². The van der Waals surface area contributed by atoms with Crippen molar-refractivity contribution < 1.29 is 28.6 Å². The van der Waals surface area contributed by atoms with Crippen LogP contribution in [0.2, 0.25) is 5.02 Å². The van der Waals surface area contributed by atoms with E-state index in [1.807, 2.05) is 0 Å². The van der Waals surface area contributed by atoms with Crippen molar-refractivity contribution in [3.8, 4) is 11.5 Å². The molecule has 1 heterocycles. The molecule has 2 aromatic rings. The molecular formula is C23H23ClN4O6. The fraction of sp³-hybridized carbons (Fsp3) is 0.217. The van der Waals surface area contributed by atoms with Crippen LogP contribution in [-0.4, -0.2) is 44.9 Å². The number of nitrogens with one attached hydrogen (secondary N) is 3. The average molecular weight is 487 g/mol. The number of hydrogen-bond acceptors (Lipinski definition) is 7. The molecule has 0 aromatic heterocycles. The Morgan fingerprint density at radius 1 is 1.15 bits per heavy atom. The van der Waals surface area contributed by atoms with E-state index in [9.17, 15) is 14.4 Å². The Labute approximate surface area is 200 Å². The van der Waals surface area contributed by atoms with Crippen LogP contribution in [0.4, 0.5) is 4.79 Å². The lowest BCUT2D eigenvalue weighted by atomic mass is 9.95. The number of carbonyl (C=O) groups excluding carboxylic acids is 3. The highest BCUT2D eigenvalue weighted by Gasteiger charge is 2.32. The summed E-state index contributed by atoms with van der Waals surface area (Å²) in [4.78, 5) is 36.3. The van der Waals surface area contributed by atoms with Crippen LogP contribution in [0, 0.1) is 0 Å². The second-order valence-corrected chi connectivity index (χ2v) is 7.54. The third-order valence-corrected chi connectivity index (χ3v) is 5.08. The van der Waals surface area contributed by atoms with Crippen LogP contribution in [0.15, 0.2) is 58.8 Å². The number of esters is 1. The van der Waals surface area contributed by atoms with E-state index >= 15 is 0 Å². The average Bonchev–Trinajstić information content (AvgIpc) is 2.83. The highest BCUT2D eigenvalue weighted by molar-refractivity contribution is 6.30. The molecule has 0 saturated heterocycles. The van der Waals surface area contributed by atoms with Gasteiger partial charge in [0.2, 0.25) is 0 Å². The van der Waals surface area contributed by atoms with Crippen LogP contribution in [0.3, 0.4) is 0 Å². The Balaban J connectivity index is 1.68. The van der Waals surface area contributed by atoms with Gasteiger partial charge in [-0.1, -0.05) is 29.8 Å². The van der Waals surface area contributed by atoms with Crippen LogP contribution in [0.25, 0.3) is 0 Å². The summed E-state index contributed by atoms with van der Waals surface area (Å²) in [6.45, 7) is 1.30. The second kappa shape index (κ2) is 11.2. The van der Waals surface area contributed by atoms with Gasteiger partial charge in [-0.25, -0.2) is 15.0 Å². The SMILES string of the molecule is COC(=O)C1=C(C)NC(=O)N[C@@H]1c1ccc(OCC(=O)N/N=C\c2ccc(Cl)cc2)c(OC)c1. The number of nitrogens with zero attached hydrogens (tertiary/aromatic N) is 1. The number of methoxy groups -OCH3 is 2. The number of hydrogen-bond donors (Lipinski definition) is 3. The molecule has 11 heteroatoms. The molecular weight excluding hydrogens is 464 g/mol. The molecule has 2 aromatic carbocycles. The first kappa shape index (κ1) is 24.6. The summed E-state index contributed by atoms with van der Waals surface area (Å²) < 4.78 is 15.8. The predicted octanol–water partition coefficient (Wildman–Crippen LogP) is 2.68. The van der Waals surface area contributed by atoms with Gasteiger partial charge < -0.3 is 24.8 Å². The number of ether oxygens (including phenoxy) is 3. The minimum Gasteiger partial charge on any atom is -0.493 e. The van der Waals surface area contributed by atoms with Gasteiger partial charge in [0.05, 0.1) is 32.0 Å². The Morgan fingerprint density at radius 3 is 2.56 bits per heavy atom. The van der Waals surface area contributed by atoms with Gasteiger partial charge in [0.15, 0.2) is 18.1 Å². The molecule has 0 fully saturated rings. The fourth-order valence-corrected chi connectivity index (χ4v) is 3.34. The molecule has 1 atom stereocenters. The number of benzene rings is 2. The highest BCUT2D eigenvalue weighted by Crippen LogP contribution is 2.34. The summed E-state index contributed by atoms with van der Waals surface area (Å²) >= 11 is 5.83. The van der Waals surface area contributed by atoms with Gasteiger partial charge in [-0.2, -0.15) is 5.10 Å². The van der Waals surface area contributed by atoms with E-state index in [1.165, 1.54) is 20.4 Å². The number of urea groups is 1. The first-order chi connectivity index (χ1) is 16.3. The normalized spacial score (nSPS) is 15.4. The third-order valence-electron chi connectivity index (χ3n) is 4.83. The van der Waals surface area contributed by atoms with Crippen molar-refractivity contribution in [1.82, 2.24) is 16.1 Å². The van der Waals surface area contributed by atoms with E-state index in [4.69, 9.17) is 25.8 Å². The summed E-state index contributed by atoms with van der Waals surface area (Å²) in [5.41, 5.74) is 4.35. The third kappa shape index (κ3) is 6.04. The van der Waals surface area contributed by atoms with Crippen molar-refractivity contribution in [1.29, 1.82) is 0 Å². The van der Waals surface area contributed by atoms with Crippen LogP contribution >= 0.6 is 11.6 Å². The predicted molar refractivity (Wildman–Crippen MR) is 125 cm³/mol. The molecule has 34 heavy (non-hydrogen) atoms. The van der Waals surface area contributed by atoms with E-state index in [-0.39, 0.29) is 12.2 Å². The Kier molecular flexibility index (Phi) is 8.10. The first-order valence-electron chi connectivity index (χ1n) is 10.1. The van der Waals surface area contributed by atoms with Crippen molar-refractivity contribution in [3.63, 3.8) is 0 Å². The molecule has 178 valence electrons. The Morgan fingerprint density at radius 2 is 1.88 bits per heavy atom. The molecule has 3 rings (SSSR count). The molecule has 0 bridgehead atoms. The first-order valence-corrected chi connectivity index (χ1v) is 10.4. The lowest BCUT2D eigenvalue weighted by Gasteiger charge is -2.28. The molecule has 0 radical (unpaired) electrons. The lowest BCUT2D eigenvalue weighted by molar-refractivity contribution is -0.136. The molecule has 3 amide bonds. The summed E-state index contributed by atoms with van der Waals surface area (Å²) in [5.74, 6) is -0.452. The molecule has 0 unspecified atom stereocenters. The number of amides is 3. The number of halogens is 1. The Hall–Kier alpha value is -4.05. The summed E-state index contributed by atoms with van der Waals surface area (Å²) in [6, 6.07) is 10.6. The zero-order chi connectivity index (χ0) is 24.7. The Bertz CT molecular complexity index is 1150. The van der Waals surface area contributed by atoms with Gasteiger partial charge in [-0.3, -0.25) is 4.79 Å². The van der Waals surface area contributed by atoms with Gasteiger partial charge >= 0.3 is 12.0 Å². The van der Waals surface area contributed by atoms with E-state index < -0.39 is 23.9 Å². The van der Waals surface area contributed by atoms with Gasteiger partial charge in [-0.05, 0) is 42.3 Å². The molecule has 3 N–H and O–H groups in total. The second-order valence-electron chi connectivity index (χ2n) is 7.11. The van der Waals surface area contributed by atoms with Gasteiger partial charge in [0.1, 0.15) is 0 Å². The molecule has 10 nitrogen and oxygen atoms in total. The van der Waals surface area contributed by atoms with E-state index in [2.05, 4.69) is 21.2 Å². The van der Waals surface area contributed by atoms with Gasteiger partial charge in [0, 0.05) is 10.7 Å². The topological polar surface area (TPSA) is 127 Å². The van der Waals surface area contributed by atoms with E-state index in [0.717, 1.165) is 5.56 Å². The van der Waals surface area contributed by atoms with E-state index in [0.29, 0.717) is 27.8 Å². The number of allylic oxidation sites excluding steroid dienone is 1. The zero-order valence-corrected chi connectivity index (χ0v) is 19.4. The maximum Gasteiger partial charge on any atom is 0.337 e. The lowest BCUT2D eigenvalue weighted by Crippen LogP contribution is -2.45. The zero-order valence-electron chi connectivity index (χ0n) is 18.7. The quantitative estimate of drug-likeness (QED) is 0.299. The smallest absolute Gasteiger partial charge is 0.337 e. The minimum atomic E-state index is -0.755. The number of carbonyl (C=O) groups is 3. The molecule has 0 spiro atoms. The van der Waals surface area contributed by atoms with Crippen LogP contribution in [0.5, 0.6) is 11.5 Å². The molecule has 0 aliphatic carbocycles. The molecule has 1 aliphatic rings. The van der Waals surface area contributed by atoms with Gasteiger partial charge in [-0.15, -0.1) is 0 Å². The maximum absolute atomic E-state index is 12.3. The van der Waals surface area contributed by atoms with Crippen molar-refractivity contribution in [2.24, 2.45) is 5.10 Å².